The van der Waals surface area contributed by atoms with E-state index in [4.69, 9.17) is 0 Å². The van der Waals surface area contributed by atoms with Crippen LogP contribution in [0.15, 0.2) is 71.8 Å². The highest BCUT2D eigenvalue weighted by Crippen LogP contribution is 2.16. The van der Waals surface area contributed by atoms with E-state index in [2.05, 4.69) is 29.6 Å². The Hall–Kier alpha value is -2.94. The van der Waals surface area contributed by atoms with Crippen molar-refractivity contribution in [1.82, 2.24) is 5.43 Å². The van der Waals surface area contributed by atoms with Crippen LogP contribution in [0.2, 0.25) is 0 Å². The van der Waals surface area contributed by atoms with E-state index in [-0.39, 0.29) is 5.91 Å². The first-order chi connectivity index (χ1) is 11.3. The number of amides is 1. The summed E-state index contributed by atoms with van der Waals surface area (Å²) in [5.74, 6) is -0.205. The molecule has 0 spiro atoms. The summed E-state index contributed by atoms with van der Waals surface area (Å²) in [7, 11) is 0. The Bertz CT molecular complexity index is 846. The minimum Gasteiger partial charge on any atom is -0.267 e. The third-order valence-electron chi connectivity index (χ3n) is 3.82. The molecule has 0 radical (unpaired) electrons. The summed E-state index contributed by atoms with van der Waals surface area (Å²) in [5, 5.41) is 6.35. The third-order valence-corrected chi connectivity index (χ3v) is 3.82. The molecular weight excluding hydrogens is 284 g/mol. The van der Waals surface area contributed by atoms with Crippen LogP contribution in [0.5, 0.6) is 0 Å². The molecule has 0 atom stereocenters. The summed E-state index contributed by atoms with van der Waals surface area (Å²) in [6.07, 6.45) is 2.64. The molecule has 0 heterocycles. The fourth-order valence-electron chi connectivity index (χ4n) is 2.48. The maximum atomic E-state index is 12.1. The number of carbonyl (C=O) groups excluding carboxylic acids is 1. The van der Waals surface area contributed by atoms with Gasteiger partial charge in [0.1, 0.15) is 0 Å². The lowest BCUT2D eigenvalue weighted by Crippen LogP contribution is -2.17. The average molecular weight is 302 g/mol. The van der Waals surface area contributed by atoms with Crippen LogP contribution in [0.1, 0.15) is 28.4 Å². The molecule has 3 nitrogen and oxygen atoms in total. The number of hydrogen-bond donors (Lipinski definition) is 1. The quantitative estimate of drug-likeness (QED) is 0.570. The van der Waals surface area contributed by atoms with E-state index in [9.17, 15) is 4.79 Å². The van der Waals surface area contributed by atoms with E-state index in [1.54, 1.807) is 6.21 Å². The van der Waals surface area contributed by atoms with Crippen LogP contribution in [0, 0.1) is 0 Å². The largest absolute Gasteiger partial charge is 0.271 e. The molecule has 0 saturated carbocycles. The van der Waals surface area contributed by atoms with Crippen LogP contribution in [-0.4, -0.2) is 12.1 Å². The normalized spacial score (nSPS) is 11.0. The summed E-state index contributed by atoms with van der Waals surface area (Å²) >= 11 is 0. The van der Waals surface area contributed by atoms with Gasteiger partial charge in [-0.3, -0.25) is 4.79 Å². The predicted molar refractivity (Wildman–Crippen MR) is 94.8 cm³/mol. The first kappa shape index (κ1) is 15.0. The molecule has 3 heteroatoms. The van der Waals surface area contributed by atoms with Crippen LogP contribution in [0.3, 0.4) is 0 Å². The monoisotopic (exact) mass is 302 g/mol. The molecule has 114 valence electrons. The molecule has 3 aromatic carbocycles. The number of hydrazone groups is 1. The highest BCUT2D eigenvalue weighted by Gasteiger charge is 2.03. The van der Waals surface area contributed by atoms with Gasteiger partial charge in [-0.2, -0.15) is 5.10 Å². The van der Waals surface area contributed by atoms with Gasteiger partial charge in [0, 0.05) is 11.1 Å². The van der Waals surface area contributed by atoms with E-state index >= 15 is 0 Å². The lowest BCUT2D eigenvalue weighted by atomic mass is 10.1. The van der Waals surface area contributed by atoms with Gasteiger partial charge >= 0.3 is 0 Å². The smallest absolute Gasteiger partial charge is 0.267 e. The molecule has 0 aliphatic heterocycles. The number of nitrogens with zero attached hydrogens (tertiary/aromatic N) is 1. The van der Waals surface area contributed by atoms with Crippen LogP contribution >= 0.6 is 0 Å². The van der Waals surface area contributed by atoms with Crippen LogP contribution in [-0.2, 0) is 6.42 Å². The minimum atomic E-state index is -0.205. The second kappa shape index (κ2) is 6.88. The molecule has 0 saturated heterocycles. The topological polar surface area (TPSA) is 41.5 Å². The second-order valence-electron chi connectivity index (χ2n) is 5.32. The van der Waals surface area contributed by atoms with Crippen LogP contribution in [0.4, 0.5) is 0 Å². The van der Waals surface area contributed by atoms with Gasteiger partial charge in [0.15, 0.2) is 0 Å². The summed E-state index contributed by atoms with van der Waals surface area (Å²) in [6.45, 7) is 2.09. The highest BCUT2D eigenvalue weighted by molar-refractivity contribution is 6.00. The van der Waals surface area contributed by atoms with Crippen molar-refractivity contribution >= 4 is 22.9 Å². The molecule has 0 unspecified atom stereocenters. The highest BCUT2D eigenvalue weighted by atomic mass is 16.2. The van der Waals surface area contributed by atoms with Crippen molar-refractivity contribution in [2.45, 2.75) is 13.3 Å². The van der Waals surface area contributed by atoms with E-state index in [1.807, 2.05) is 54.6 Å². The molecule has 0 aliphatic rings. The lowest BCUT2D eigenvalue weighted by Gasteiger charge is -2.03. The Kier molecular flexibility index (Phi) is 4.48. The molecule has 0 aromatic heterocycles. The zero-order valence-corrected chi connectivity index (χ0v) is 13.0. The molecule has 23 heavy (non-hydrogen) atoms. The molecular formula is C20H18N2O. The van der Waals surface area contributed by atoms with Crippen molar-refractivity contribution in [2.24, 2.45) is 5.10 Å². The van der Waals surface area contributed by atoms with Crippen molar-refractivity contribution in [2.75, 3.05) is 0 Å². The van der Waals surface area contributed by atoms with Gasteiger partial charge in [0.2, 0.25) is 0 Å². The number of nitrogens with one attached hydrogen (secondary N) is 1. The zero-order valence-electron chi connectivity index (χ0n) is 13.0. The van der Waals surface area contributed by atoms with Crippen LogP contribution in [0.25, 0.3) is 10.8 Å². The fourth-order valence-corrected chi connectivity index (χ4v) is 2.48. The molecule has 0 bridgehead atoms. The van der Waals surface area contributed by atoms with E-state index in [0.29, 0.717) is 5.56 Å². The second-order valence-corrected chi connectivity index (χ2v) is 5.32. The van der Waals surface area contributed by atoms with Crippen molar-refractivity contribution in [3.05, 3.63) is 83.4 Å². The van der Waals surface area contributed by atoms with Gasteiger partial charge in [0.25, 0.3) is 5.91 Å². The molecule has 3 aromatic rings. The lowest BCUT2D eigenvalue weighted by molar-refractivity contribution is 0.0955. The van der Waals surface area contributed by atoms with Gasteiger partial charge < -0.3 is 0 Å². The van der Waals surface area contributed by atoms with Crippen molar-refractivity contribution in [1.29, 1.82) is 0 Å². The van der Waals surface area contributed by atoms with E-state index in [0.717, 1.165) is 22.8 Å². The number of hydrogen-bond acceptors (Lipinski definition) is 2. The van der Waals surface area contributed by atoms with Gasteiger partial charge in [-0.25, -0.2) is 5.43 Å². The molecule has 0 fully saturated rings. The van der Waals surface area contributed by atoms with Crippen molar-refractivity contribution in [3.63, 3.8) is 0 Å². The molecule has 0 aliphatic carbocycles. The maximum absolute atomic E-state index is 12.1. The standard InChI is InChI=1S/C20H18N2O/c1-2-15-10-12-17(13-11-15)20(23)22-21-14-18-8-5-7-16-6-3-4-9-19(16)18/h3-14H,2H2,1H3,(H,22,23)/b21-14-. The van der Waals surface area contributed by atoms with Crippen LogP contribution < -0.4 is 5.43 Å². The Morgan fingerprint density at radius 3 is 2.52 bits per heavy atom. The van der Waals surface area contributed by atoms with E-state index in [1.165, 1.54) is 5.56 Å². The van der Waals surface area contributed by atoms with Gasteiger partial charge in [-0.1, -0.05) is 61.5 Å². The van der Waals surface area contributed by atoms with Gasteiger partial charge in [-0.15, -0.1) is 0 Å². The summed E-state index contributed by atoms with van der Waals surface area (Å²) < 4.78 is 0. The Morgan fingerprint density at radius 1 is 1.00 bits per heavy atom. The number of rotatable bonds is 4. The number of aryl methyl sites for hydroxylation is 1. The Labute approximate surface area is 135 Å². The average Bonchev–Trinajstić information content (AvgIpc) is 2.62. The first-order valence-corrected chi connectivity index (χ1v) is 7.68. The number of carbonyl (C=O) groups is 1. The molecule has 3 rings (SSSR count). The van der Waals surface area contributed by atoms with Gasteiger partial charge in [0.05, 0.1) is 6.21 Å². The summed E-state index contributed by atoms with van der Waals surface area (Å²) in [6, 6.07) is 21.7. The molecule has 1 amide bonds. The van der Waals surface area contributed by atoms with Crippen molar-refractivity contribution in [3.8, 4) is 0 Å². The minimum absolute atomic E-state index is 0.205. The Balaban J connectivity index is 1.73. The summed E-state index contributed by atoms with van der Waals surface area (Å²) in [5.41, 5.74) is 5.37. The summed E-state index contributed by atoms with van der Waals surface area (Å²) in [4.78, 5) is 12.1. The third kappa shape index (κ3) is 3.46. The zero-order chi connectivity index (χ0) is 16.1. The predicted octanol–water partition coefficient (Wildman–Crippen LogP) is 4.17. The van der Waals surface area contributed by atoms with Gasteiger partial charge in [-0.05, 0) is 34.9 Å². The fraction of sp³-hybridized carbons (Fsp3) is 0.100. The van der Waals surface area contributed by atoms with E-state index < -0.39 is 0 Å². The SMILES string of the molecule is CCc1ccc(C(=O)N/N=C\c2cccc3ccccc23)cc1. The Morgan fingerprint density at radius 2 is 1.74 bits per heavy atom. The number of fused-ring (bicyclic) bond motifs is 1. The van der Waals surface area contributed by atoms with Crippen molar-refractivity contribution < 1.29 is 4.79 Å². The maximum Gasteiger partial charge on any atom is 0.271 e. The molecule has 1 N–H and O–H groups in total. The number of benzene rings is 3. The first-order valence-electron chi connectivity index (χ1n) is 7.68.